The molecule has 0 aliphatic heterocycles. The maximum atomic E-state index is 12.8. The number of nitrogens with zero attached hydrogens (tertiary/aromatic N) is 2. The molecule has 0 unspecified atom stereocenters. The van der Waals surface area contributed by atoms with Crippen LogP contribution in [0.1, 0.15) is 30.7 Å². The Hall–Kier alpha value is -1.73. The van der Waals surface area contributed by atoms with E-state index < -0.39 is 0 Å². The summed E-state index contributed by atoms with van der Waals surface area (Å²) in [5, 5.41) is 3.53. The van der Waals surface area contributed by atoms with E-state index in [1.165, 1.54) is 15.8 Å². The maximum absolute atomic E-state index is 12.8. The van der Waals surface area contributed by atoms with Gasteiger partial charge in [-0.05, 0) is 37.7 Å². The van der Waals surface area contributed by atoms with E-state index in [9.17, 15) is 9.59 Å². The second kappa shape index (κ2) is 7.03. The lowest BCUT2D eigenvalue weighted by Crippen LogP contribution is -2.39. The van der Waals surface area contributed by atoms with Crippen LogP contribution in [0.5, 0.6) is 0 Å². The van der Waals surface area contributed by atoms with Crippen molar-refractivity contribution in [3.63, 3.8) is 0 Å². The second-order valence-corrected chi connectivity index (χ2v) is 7.72. The van der Waals surface area contributed by atoms with Crippen LogP contribution in [-0.2, 0) is 28.9 Å². The number of carbonyl (C=O) groups excluding carboxylic acids is 1. The van der Waals surface area contributed by atoms with Crippen LogP contribution in [0.15, 0.2) is 11.1 Å². The smallest absolute Gasteiger partial charge is 0.262 e. The van der Waals surface area contributed by atoms with Crippen molar-refractivity contribution >= 4 is 27.5 Å². The molecule has 130 valence electrons. The van der Waals surface area contributed by atoms with Crippen molar-refractivity contribution in [1.82, 2.24) is 14.9 Å². The van der Waals surface area contributed by atoms with E-state index in [4.69, 9.17) is 4.74 Å². The lowest BCUT2D eigenvalue weighted by atomic mass is 9.89. The fourth-order valence-electron chi connectivity index (χ4n) is 3.25. The maximum Gasteiger partial charge on any atom is 0.262 e. The van der Waals surface area contributed by atoms with Gasteiger partial charge in [0.15, 0.2) is 0 Å². The average molecular weight is 349 g/mol. The van der Waals surface area contributed by atoms with E-state index in [0.717, 1.165) is 29.7 Å². The molecule has 7 heteroatoms. The van der Waals surface area contributed by atoms with Gasteiger partial charge in [-0.15, -0.1) is 11.3 Å². The number of amides is 1. The predicted octanol–water partition coefficient (Wildman–Crippen LogP) is 1.73. The Morgan fingerprint density at radius 3 is 3.12 bits per heavy atom. The molecule has 0 bridgehead atoms. The molecule has 0 aromatic carbocycles. The molecule has 6 nitrogen and oxygen atoms in total. The van der Waals surface area contributed by atoms with E-state index in [-0.39, 0.29) is 24.1 Å². The molecule has 0 radical (unpaired) electrons. The van der Waals surface area contributed by atoms with Crippen molar-refractivity contribution in [3.05, 3.63) is 27.1 Å². The lowest BCUT2D eigenvalue weighted by molar-refractivity contribution is -0.122. The quantitative estimate of drug-likeness (QED) is 0.892. The Kier molecular flexibility index (Phi) is 5.01. The minimum Gasteiger partial charge on any atom is -0.383 e. The first-order chi connectivity index (χ1) is 11.5. The monoisotopic (exact) mass is 349 g/mol. The standard InChI is InChI=1S/C17H23N3O3S/c1-10-4-5-12-13(6-10)24-16-15(12)17(22)20(9-18-16)7-14(21)19-11(2)8-23-3/h9-11H,4-8H2,1-3H3,(H,19,21)/t10-,11-/m0/s1. The molecule has 0 fully saturated rings. The third-order valence-electron chi connectivity index (χ3n) is 4.42. The molecule has 1 amide bonds. The van der Waals surface area contributed by atoms with Crippen molar-refractivity contribution < 1.29 is 9.53 Å². The summed E-state index contributed by atoms with van der Waals surface area (Å²) in [4.78, 5) is 31.4. The first-order valence-electron chi connectivity index (χ1n) is 8.27. The summed E-state index contributed by atoms with van der Waals surface area (Å²) in [6.45, 7) is 4.53. The average Bonchev–Trinajstić information content (AvgIpc) is 2.88. The number of nitrogens with one attached hydrogen (secondary N) is 1. The zero-order valence-corrected chi connectivity index (χ0v) is 15.1. The number of hydrogen-bond acceptors (Lipinski definition) is 5. The van der Waals surface area contributed by atoms with Gasteiger partial charge in [-0.2, -0.15) is 0 Å². The van der Waals surface area contributed by atoms with Gasteiger partial charge in [0, 0.05) is 18.0 Å². The van der Waals surface area contributed by atoms with Crippen molar-refractivity contribution in [2.75, 3.05) is 13.7 Å². The number of methoxy groups -OCH3 is 1. The van der Waals surface area contributed by atoms with E-state index in [1.807, 2.05) is 6.92 Å². The highest BCUT2D eigenvalue weighted by molar-refractivity contribution is 7.18. The number of thiophene rings is 1. The number of carbonyl (C=O) groups is 1. The molecule has 0 saturated heterocycles. The number of fused-ring (bicyclic) bond motifs is 3. The Bertz CT molecular complexity index is 811. The van der Waals surface area contributed by atoms with Gasteiger partial charge in [0.2, 0.25) is 5.91 Å². The number of aryl methyl sites for hydroxylation is 1. The Morgan fingerprint density at radius 1 is 1.58 bits per heavy atom. The summed E-state index contributed by atoms with van der Waals surface area (Å²) in [5.41, 5.74) is 1.04. The highest BCUT2D eigenvalue weighted by Crippen LogP contribution is 2.35. The second-order valence-electron chi connectivity index (χ2n) is 6.63. The van der Waals surface area contributed by atoms with Gasteiger partial charge in [0.1, 0.15) is 11.4 Å². The molecule has 0 saturated carbocycles. The third kappa shape index (κ3) is 3.37. The molecule has 2 aromatic heterocycles. The van der Waals surface area contributed by atoms with Gasteiger partial charge in [-0.3, -0.25) is 14.2 Å². The number of aromatic nitrogens is 2. The summed E-state index contributed by atoms with van der Waals surface area (Å²) < 4.78 is 6.41. The van der Waals surface area contributed by atoms with E-state index in [2.05, 4.69) is 17.2 Å². The van der Waals surface area contributed by atoms with Crippen LogP contribution in [-0.4, -0.2) is 35.2 Å². The predicted molar refractivity (Wildman–Crippen MR) is 94.5 cm³/mol. The molecule has 0 spiro atoms. The fourth-order valence-corrected chi connectivity index (χ4v) is 4.59. The normalized spacial score (nSPS) is 18.4. The van der Waals surface area contributed by atoms with Crippen LogP contribution in [0.2, 0.25) is 0 Å². The van der Waals surface area contributed by atoms with E-state index >= 15 is 0 Å². The minimum absolute atomic E-state index is 0.0170. The van der Waals surface area contributed by atoms with Crippen LogP contribution in [0.4, 0.5) is 0 Å². The van der Waals surface area contributed by atoms with Crippen LogP contribution in [0.25, 0.3) is 10.2 Å². The third-order valence-corrected chi connectivity index (χ3v) is 5.58. The fraction of sp³-hybridized carbons (Fsp3) is 0.588. The van der Waals surface area contributed by atoms with Crippen LogP contribution < -0.4 is 10.9 Å². The number of rotatable bonds is 5. The highest BCUT2D eigenvalue weighted by atomic mass is 32.1. The zero-order valence-electron chi connectivity index (χ0n) is 14.3. The number of ether oxygens (including phenoxy) is 1. The summed E-state index contributed by atoms with van der Waals surface area (Å²) in [5.74, 6) is 0.446. The van der Waals surface area contributed by atoms with Gasteiger partial charge in [0.25, 0.3) is 5.56 Å². The van der Waals surface area contributed by atoms with E-state index in [0.29, 0.717) is 17.9 Å². The summed E-state index contributed by atoms with van der Waals surface area (Å²) in [7, 11) is 1.59. The van der Waals surface area contributed by atoms with Crippen LogP contribution in [0.3, 0.4) is 0 Å². The molecule has 2 heterocycles. The molecule has 1 aliphatic carbocycles. The van der Waals surface area contributed by atoms with Gasteiger partial charge >= 0.3 is 0 Å². The van der Waals surface area contributed by atoms with Gasteiger partial charge < -0.3 is 10.1 Å². The molecule has 24 heavy (non-hydrogen) atoms. The largest absolute Gasteiger partial charge is 0.383 e. The summed E-state index contributed by atoms with van der Waals surface area (Å²) in [6, 6.07) is -0.0923. The van der Waals surface area contributed by atoms with Crippen molar-refractivity contribution in [2.45, 2.75) is 45.7 Å². The minimum atomic E-state index is -0.208. The van der Waals surface area contributed by atoms with Gasteiger partial charge in [-0.25, -0.2) is 4.98 Å². The molecular weight excluding hydrogens is 326 g/mol. The Morgan fingerprint density at radius 2 is 2.38 bits per heavy atom. The van der Waals surface area contributed by atoms with Crippen molar-refractivity contribution in [1.29, 1.82) is 0 Å². The highest BCUT2D eigenvalue weighted by Gasteiger charge is 2.23. The molecule has 3 rings (SSSR count). The topological polar surface area (TPSA) is 73.2 Å². The molecule has 2 aromatic rings. The van der Waals surface area contributed by atoms with Crippen LogP contribution >= 0.6 is 11.3 Å². The van der Waals surface area contributed by atoms with Crippen molar-refractivity contribution in [2.24, 2.45) is 5.92 Å². The molecule has 1 N–H and O–H groups in total. The van der Waals surface area contributed by atoms with Crippen molar-refractivity contribution in [3.8, 4) is 0 Å². The van der Waals surface area contributed by atoms with Gasteiger partial charge in [-0.1, -0.05) is 6.92 Å². The summed E-state index contributed by atoms with van der Waals surface area (Å²) >= 11 is 1.62. The van der Waals surface area contributed by atoms with E-state index in [1.54, 1.807) is 18.4 Å². The van der Waals surface area contributed by atoms with Gasteiger partial charge in [0.05, 0.1) is 18.3 Å². The zero-order chi connectivity index (χ0) is 17.3. The molecule has 2 atom stereocenters. The first kappa shape index (κ1) is 17.1. The SMILES string of the molecule is COC[C@H](C)NC(=O)Cn1cnc2sc3c(c2c1=O)CC[C@H](C)C3. The lowest BCUT2D eigenvalue weighted by Gasteiger charge is -2.17. The Balaban J connectivity index is 1.86. The van der Waals surface area contributed by atoms with Crippen LogP contribution in [0, 0.1) is 5.92 Å². The Labute approximate surface area is 144 Å². The molecular formula is C17H23N3O3S. The first-order valence-corrected chi connectivity index (χ1v) is 9.09. The summed E-state index contributed by atoms with van der Waals surface area (Å²) in [6.07, 6.45) is 4.53. The number of hydrogen-bond donors (Lipinski definition) is 1. The molecule has 1 aliphatic rings.